The molecule has 4 nitrogen and oxygen atoms in total. The van der Waals surface area contributed by atoms with Gasteiger partial charge in [0.05, 0.1) is 12.0 Å². The Labute approximate surface area is 554 Å². The molecule has 1 rings (SSSR count). The van der Waals surface area contributed by atoms with Gasteiger partial charge in [-0.15, -0.1) is 0 Å². The lowest BCUT2D eigenvalue weighted by Crippen LogP contribution is -2.28. The molecule has 0 amide bonds. The zero-order valence-corrected chi connectivity index (χ0v) is 60.9. The monoisotopic (exact) mass is 1240 g/mol. The van der Waals surface area contributed by atoms with Crippen molar-refractivity contribution < 1.29 is 19.8 Å². The van der Waals surface area contributed by atoms with Crippen LogP contribution in [-0.2, 0) is 9.59 Å². The smallest absolute Gasteiger partial charge is 0.309 e. The number of aliphatic hydroxyl groups excluding tert-OH is 1. The molecule has 0 spiro atoms. The van der Waals surface area contributed by atoms with E-state index in [-0.39, 0.29) is 5.92 Å². The standard InChI is InChI=1S/C84H164O4/c1-4-6-8-10-12-14-16-18-20-22-23-24-25-26-27-32-38-44-50-56-62-68-74-81(84(87)88)83(86)76-70-64-58-52-46-40-34-37-43-49-55-61-67-73-80-77-79(80)72-66-60-54-48-42-36-31-28-29-33-39-45-51-57-63-69-75-82(85)78(3)71-65-59-53-47-41-35-30-21-19-17-15-13-11-9-7-5-2/h78-81,83,86H,4-77H2,1-3H3,(H,87,88)/t78?,79?,80?,81?,83-/m1/s1. The first-order valence-electron chi connectivity index (χ1n) is 41.8. The van der Waals surface area contributed by atoms with Gasteiger partial charge in [-0.2, -0.15) is 0 Å². The van der Waals surface area contributed by atoms with Crippen molar-refractivity contribution >= 4 is 11.8 Å². The van der Waals surface area contributed by atoms with Gasteiger partial charge in [0, 0.05) is 12.3 Å². The van der Waals surface area contributed by atoms with Crippen LogP contribution in [0, 0.1) is 23.7 Å². The minimum Gasteiger partial charge on any atom is -0.481 e. The van der Waals surface area contributed by atoms with E-state index in [1.54, 1.807) is 0 Å². The third kappa shape index (κ3) is 62.5. The van der Waals surface area contributed by atoms with Crippen LogP contribution < -0.4 is 0 Å². The van der Waals surface area contributed by atoms with Crippen LogP contribution in [0.5, 0.6) is 0 Å². The fourth-order valence-electron chi connectivity index (χ4n) is 15.0. The molecule has 2 N–H and O–H groups in total. The summed E-state index contributed by atoms with van der Waals surface area (Å²) in [6, 6.07) is 0. The number of carbonyl (C=O) groups excluding carboxylic acids is 1. The summed E-state index contributed by atoms with van der Waals surface area (Å²) in [6.07, 6.45) is 99.4. The van der Waals surface area contributed by atoms with E-state index in [0.717, 1.165) is 56.8 Å². The molecule has 1 fully saturated rings. The van der Waals surface area contributed by atoms with Gasteiger partial charge in [0.25, 0.3) is 0 Å². The van der Waals surface area contributed by atoms with Gasteiger partial charge in [0.2, 0.25) is 0 Å². The number of hydrogen-bond acceptors (Lipinski definition) is 3. The Kier molecular flexibility index (Phi) is 68.1. The number of aliphatic hydroxyl groups is 1. The molecule has 524 valence electrons. The first-order valence-corrected chi connectivity index (χ1v) is 41.8. The summed E-state index contributed by atoms with van der Waals surface area (Å²) < 4.78 is 0. The van der Waals surface area contributed by atoms with E-state index < -0.39 is 18.0 Å². The van der Waals surface area contributed by atoms with Crippen molar-refractivity contribution in [3.05, 3.63) is 0 Å². The summed E-state index contributed by atoms with van der Waals surface area (Å²) in [6.45, 7) is 6.79. The molecule has 0 aromatic heterocycles. The Morgan fingerprint density at radius 1 is 0.284 bits per heavy atom. The quantitative estimate of drug-likeness (QED) is 0.0595. The second kappa shape index (κ2) is 70.4. The minimum atomic E-state index is -0.800. The predicted molar refractivity (Wildman–Crippen MR) is 391 cm³/mol. The molecule has 1 aliphatic carbocycles. The highest BCUT2D eigenvalue weighted by Gasteiger charge is 2.35. The maximum Gasteiger partial charge on any atom is 0.309 e. The van der Waals surface area contributed by atoms with Gasteiger partial charge in [-0.1, -0.05) is 457 Å². The van der Waals surface area contributed by atoms with Crippen molar-refractivity contribution in [1.29, 1.82) is 0 Å². The van der Waals surface area contributed by atoms with E-state index in [0.29, 0.717) is 18.6 Å². The number of unbranched alkanes of at least 4 members (excludes halogenated alkanes) is 63. The Bertz CT molecular complexity index is 1360. The van der Waals surface area contributed by atoms with Gasteiger partial charge < -0.3 is 10.2 Å². The van der Waals surface area contributed by atoms with Gasteiger partial charge in [-0.25, -0.2) is 0 Å². The van der Waals surface area contributed by atoms with Crippen LogP contribution in [0.3, 0.4) is 0 Å². The lowest BCUT2D eigenvalue weighted by molar-refractivity contribution is -0.146. The number of rotatable bonds is 78. The molecule has 4 heteroatoms. The zero-order chi connectivity index (χ0) is 63.4. The summed E-state index contributed by atoms with van der Waals surface area (Å²) in [5.41, 5.74) is 0. The molecule has 88 heavy (non-hydrogen) atoms. The molecule has 0 bridgehead atoms. The molecule has 0 aromatic carbocycles. The van der Waals surface area contributed by atoms with Crippen LogP contribution in [0.4, 0.5) is 0 Å². The van der Waals surface area contributed by atoms with Gasteiger partial charge in [-0.05, 0) is 43.9 Å². The average molecular weight is 1240 g/mol. The van der Waals surface area contributed by atoms with Gasteiger partial charge in [0.15, 0.2) is 0 Å². The van der Waals surface area contributed by atoms with E-state index in [2.05, 4.69) is 20.8 Å². The SMILES string of the molecule is CCCCCCCCCCCCCCCCCCCCCCCCC(C(=O)O)[C@H](O)CCCCCCCCCCCCCCCC1CC1CCCCCCCCCCCCCCCCCCC(=O)C(C)CCCCCCCCCCCCCCCCCC. The second-order valence-corrected chi connectivity index (χ2v) is 30.3. The summed E-state index contributed by atoms with van der Waals surface area (Å²) in [5.74, 6) is 1.58. The molecule has 4 unspecified atom stereocenters. The Hall–Kier alpha value is -0.900. The van der Waals surface area contributed by atoms with Crippen molar-refractivity contribution in [3.8, 4) is 0 Å². The van der Waals surface area contributed by atoms with Crippen LogP contribution in [0.15, 0.2) is 0 Å². The molecule has 1 saturated carbocycles. The Morgan fingerprint density at radius 3 is 0.739 bits per heavy atom. The topological polar surface area (TPSA) is 74.6 Å². The zero-order valence-electron chi connectivity index (χ0n) is 60.9. The molecule has 1 aliphatic rings. The summed E-state index contributed by atoms with van der Waals surface area (Å²) in [4.78, 5) is 24.7. The van der Waals surface area contributed by atoms with E-state index in [9.17, 15) is 19.8 Å². The molecule has 0 aromatic rings. The van der Waals surface area contributed by atoms with Crippen molar-refractivity contribution in [2.45, 2.75) is 502 Å². The first-order chi connectivity index (χ1) is 43.4. The number of hydrogen-bond donors (Lipinski definition) is 2. The average Bonchev–Trinajstić information content (AvgIpc) is 4.30. The van der Waals surface area contributed by atoms with E-state index in [4.69, 9.17) is 0 Å². The van der Waals surface area contributed by atoms with Crippen molar-refractivity contribution in [2.24, 2.45) is 23.7 Å². The number of carboxylic acid groups (broad SMARTS) is 1. The van der Waals surface area contributed by atoms with Crippen LogP contribution >= 0.6 is 0 Å². The lowest BCUT2D eigenvalue weighted by Gasteiger charge is -2.19. The van der Waals surface area contributed by atoms with E-state index in [1.165, 1.54) is 417 Å². The molecular formula is C84H164O4. The number of carbonyl (C=O) groups is 2. The van der Waals surface area contributed by atoms with Gasteiger partial charge in [-0.3, -0.25) is 9.59 Å². The maximum absolute atomic E-state index is 12.7. The summed E-state index contributed by atoms with van der Waals surface area (Å²) in [5, 5.41) is 20.6. The third-order valence-electron chi connectivity index (χ3n) is 21.6. The molecule has 0 aliphatic heterocycles. The van der Waals surface area contributed by atoms with Crippen molar-refractivity contribution in [1.82, 2.24) is 0 Å². The fourth-order valence-corrected chi connectivity index (χ4v) is 15.0. The highest BCUT2D eigenvalue weighted by molar-refractivity contribution is 5.80. The van der Waals surface area contributed by atoms with E-state index in [1.807, 2.05) is 0 Å². The van der Waals surface area contributed by atoms with Crippen LogP contribution in [0.1, 0.15) is 496 Å². The van der Waals surface area contributed by atoms with Crippen LogP contribution in [-0.4, -0.2) is 28.1 Å². The third-order valence-corrected chi connectivity index (χ3v) is 21.6. The highest BCUT2D eigenvalue weighted by atomic mass is 16.4. The Morgan fingerprint density at radius 2 is 0.489 bits per heavy atom. The molecule has 0 saturated heterocycles. The number of aliphatic carboxylic acids is 1. The fraction of sp³-hybridized carbons (Fsp3) is 0.976. The largest absolute Gasteiger partial charge is 0.481 e. The maximum atomic E-state index is 12.7. The predicted octanol–water partition coefficient (Wildman–Crippen LogP) is 29.4. The number of ketones is 1. The van der Waals surface area contributed by atoms with Gasteiger partial charge >= 0.3 is 5.97 Å². The minimum absolute atomic E-state index is 0.281. The van der Waals surface area contributed by atoms with Crippen molar-refractivity contribution in [3.63, 3.8) is 0 Å². The molecule has 5 atom stereocenters. The van der Waals surface area contributed by atoms with Gasteiger partial charge in [0.1, 0.15) is 5.78 Å². The molecule has 0 heterocycles. The van der Waals surface area contributed by atoms with Crippen LogP contribution in [0.25, 0.3) is 0 Å². The number of carboxylic acids is 1. The number of Topliss-reactive ketones (excluding diaryl/α,β-unsaturated/α-hetero) is 1. The lowest BCUT2D eigenvalue weighted by atomic mass is 9.91. The summed E-state index contributed by atoms with van der Waals surface area (Å²) >= 11 is 0. The summed E-state index contributed by atoms with van der Waals surface area (Å²) in [7, 11) is 0. The van der Waals surface area contributed by atoms with Crippen LogP contribution in [0.2, 0.25) is 0 Å². The second-order valence-electron chi connectivity index (χ2n) is 30.3. The van der Waals surface area contributed by atoms with Crippen molar-refractivity contribution in [2.75, 3.05) is 0 Å². The normalized spacial score (nSPS) is 15.1. The van der Waals surface area contributed by atoms with E-state index >= 15 is 0 Å². The first kappa shape index (κ1) is 85.1. The molecular weight excluding hydrogens is 1070 g/mol. The Balaban J connectivity index is 1.75. The highest BCUT2D eigenvalue weighted by Crippen LogP contribution is 2.46. The molecule has 0 radical (unpaired) electrons.